The van der Waals surface area contributed by atoms with E-state index in [1.54, 1.807) is 0 Å². The van der Waals surface area contributed by atoms with Gasteiger partial charge < -0.3 is 15.0 Å². The number of imidazole rings is 1. The lowest BCUT2D eigenvalue weighted by Crippen LogP contribution is -2.24. The van der Waals surface area contributed by atoms with Gasteiger partial charge in [0.1, 0.15) is 0 Å². The zero-order chi connectivity index (χ0) is 14.5. The lowest BCUT2D eigenvalue weighted by atomic mass is 9.97. The van der Waals surface area contributed by atoms with Gasteiger partial charge in [-0.2, -0.15) is 0 Å². The van der Waals surface area contributed by atoms with Gasteiger partial charge >= 0.3 is 0 Å². The van der Waals surface area contributed by atoms with E-state index in [1.807, 2.05) is 12.5 Å². The Labute approximate surface area is 125 Å². The molecule has 2 heterocycles. The summed E-state index contributed by atoms with van der Waals surface area (Å²) in [6.07, 6.45) is 7.04. The molecule has 2 N–H and O–H groups in total. The molecule has 0 amide bonds. The van der Waals surface area contributed by atoms with E-state index in [0.29, 0.717) is 5.92 Å². The molecule has 0 aliphatic carbocycles. The molecule has 1 aliphatic heterocycles. The van der Waals surface area contributed by atoms with Gasteiger partial charge in [-0.1, -0.05) is 30.3 Å². The van der Waals surface area contributed by atoms with Crippen LogP contribution in [0.4, 0.5) is 0 Å². The van der Waals surface area contributed by atoms with Crippen molar-refractivity contribution >= 4 is 0 Å². The highest BCUT2D eigenvalue weighted by Gasteiger charge is 2.26. The molecule has 1 aliphatic rings. The molecule has 0 spiro atoms. The summed E-state index contributed by atoms with van der Waals surface area (Å²) >= 11 is 0. The Kier molecular flexibility index (Phi) is 4.68. The highest BCUT2D eigenvalue weighted by molar-refractivity contribution is 5.14. The second-order valence-electron chi connectivity index (χ2n) is 5.75. The molecule has 1 saturated heterocycles. The number of hydrogen-bond acceptors (Lipinski definition) is 3. The van der Waals surface area contributed by atoms with Crippen LogP contribution in [0.15, 0.2) is 42.9 Å². The fourth-order valence-electron chi connectivity index (χ4n) is 2.97. The van der Waals surface area contributed by atoms with Crippen LogP contribution in [-0.2, 0) is 17.7 Å². The topological polar surface area (TPSA) is 53.1 Å². The van der Waals surface area contributed by atoms with Crippen molar-refractivity contribution in [3.8, 4) is 0 Å². The van der Waals surface area contributed by atoms with E-state index in [0.717, 1.165) is 44.7 Å². The molecule has 2 aromatic rings. The minimum Gasteiger partial charge on any atom is -0.381 e. The van der Waals surface area contributed by atoms with Crippen molar-refractivity contribution in [3.05, 3.63) is 54.1 Å². The summed E-state index contributed by atoms with van der Waals surface area (Å²) in [6.45, 7) is 2.57. The lowest BCUT2D eigenvalue weighted by molar-refractivity contribution is 0.180. The third-order valence-electron chi connectivity index (χ3n) is 4.27. The zero-order valence-electron chi connectivity index (χ0n) is 12.3. The Morgan fingerprint density at radius 1 is 1.33 bits per heavy atom. The first-order valence-corrected chi connectivity index (χ1v) is 7.72. The van der Waals surface area contributed by atoms with Gasteiger partial charge in [-0.3, -0.25) is 0 Å². The summed E-state index contributed by atoms with van der Waals surface area (Å²) in [5.74, 6) is 0.426. The maximum absolute atomic E-state index is 6.39. The molecule has 21 heavy (non-hydrogen) atoms. The van der Waals surface area contributed by atoms with Crippen LogP contribution in [0, 0.1) is 5.92 Å². The summed E-state index contributed by atoms with van der Waals surface area (Å²) in [5, 5.41) is 0. The molecule has 4 heteroatoms. The molecular formula is C17H23N3O. The van der Waals surface area contributed by atoms with Crippen LogP contribution in [-0.4, -0.2) is 22.8 Å². The van der Waals surface area contributed by atoms with Crippen LogP contribution in [0.2, 0.25) is 0 Å². The molecule has 1 aromatic heterocycles. The third kappa shape index (κ3) is 3.52. The molecule has 1 aromatic carbocycles. The first kappa shape index (κ1) is 14.3. The quantitative estimate of drug-likeness (QED) is 0.887. The molecule has 0 radical (unpaired) electrons. The van der Waals surface area contributed by atoms with Crippen molar-refractivity contribution in [2.45, 2.75) is 31.8 Å². The minimum absolute atomic E-state index is 0.0340. The van der Waals surface area contributed by atoms with E-state index in [9.17, 15) is 0 Å². The Hall–Kier alpha value is -1.65. The standard InChI is InChI=1S/C17H23N3O/c18-17(15-8-10-21-12-15)16-11-19-13-20(16)9-4-7-14-5-2-1-3-6-14/h1-3,5-6,11,13,15,17H,4,7-10,12,18H2. The number of benzene rings is 1. The van der Waals surface area contributed by atoms with Crippen molar-refractivity contribution in [2.75, 3.05) is 13.2 Å². The average molecular weight is 285 g/mol. The third-order valence-corrected chi connectivity index (χ3v) is 4.27. The maximum Gasteiger partial charge on any atom is 0.0948 e. The monoisotopic (exact) mass is 285 g/mol. The van der Waals surface area contributed by atoms with Gasteiger partial charge in [0.15, 0.2) is 0 Å². The van der Waals surface area contributed by atoms with Gasteiger partial charge in [-0.15, -0.1) is 0 Å². The summed E-state index contributed by atoms with van der Waals surface area (Å²) in [6, 6.07) is 10.6. The Bertz CT molecular complexity index is 546. The van der Waals surface area contributed by atoms with E-state index in [1.165, 1.54) is 5.56 Å². The summed E-state index contributed by atoms with van der Waals surface area (Å²) < 4.78 is 7.65. The van der Waals surface area contributed by atoms with E-state index < -0.39 is 0 Å². The van der Waals surface area contributed by atoms with Crippen LogP contribution >= 0.6 is 0 Å². The Balaban J connectivity index is 1.57. The fourth-order valence-corrected chi connectivity index (χ4v) is 2.97. The van der Waals surface area contributed by atoms with Gasteiger partial charge in [0.05, 0.1) is 24.7 Å². The average Bonchev–Trinajstić information content (AvgIpc) is 3.19. The second kappa shape index (κ2) is 6.87. The van der Waals surface area contributed by atoms with Crippen molar-refractivity contribution in [2.24, 2.45) is 11.7 Å². The van der Waals surface area contributed by atoms with Crippen molar-refractivity contribution in [1.29, 1.82) is 0 Å². The molecule has 0 saturated carbocycles. The van der Waals surface area contributed by atoms with Gasteiger partial charge in [-0.25, -0.2) is 4.98 Å². The highest BCUT2D eigenvalue weighted by Crippen LogP contribution is 2.26. The van der Waals surface area contributed by atoms with E-state index >= 15 is 0 Å². The van der Waals surface area contributed by atoms with Crippen LogP contribution < -0.4 is 5.73 Å². The number of hydrogen-bond donors (Lipinski definition) is 1. The zero-order valence-corrected chi connectivity index (χ0v) is 12.3. The predicted molar refractivity (Wildman–Crippen MR) is 82.8 cm³/mol. The molecule has 4 nitrogen and oxygen atoms in total. The first-order valence-electron chi connectivity index (χ1n) is 7.72. The van der Waals surface area contributed by atoms with E-state index in [-0.39, 0.29) is 6.04 Å². The molecule has 3 rings (SSSR count). The van der Waals surface area contributed by atoms with E-state index in [4.69, 9.17) is 10.5 Å². The highest BCUT2D eigenvalue weighted by atomic mass is 16.5. The number of aryl methyl sites for hydroxylation is 2. The van der Waals surface area contributed by atoms with Crippen molar-refractivity contribution < 1.29 is 4.74 Å². The largest absolute Gasteiger partial charge is 0.381 e. The Morgan fingerprint density at radius 2 is 2.19 bits per heavy atom. The van der Waals surface area contributed by atoms with Crippen molar-refractivity contribution in [1.82, 2.24) is 9.55 Å². The van der Waals surface area contributed by atoms with Gasteiger partial charge in [0.2, 0.25) is 0 Å². The molecule has 0 bridgehead atoms. The molecule has 2 unspecified atom stereocenters. The van der Waals surface area contributed by atoms with Crippen LogP contribution in [0.25, 0.3) is 0 Å². The van der Waals surface area contributed by atoms with Crippen LogP contribution in [0.5, 0.6) is 0 Å². The first-order chi connectivity index (χ1) is 10.3. The summed E-state index contributed by atoms with van der Waals surface area (Å²) in [5.41, 5.74) is 8.91. The lowest BCUT2D eigenvalue weighted by Gasteiger charge is -2.19. The van der Waals surface area contributed by atoms with E-state index in [2.05, 4.69) is 39.9 Å². The smallest absolute Gasteiger partial charge is 0.0948 e. The maximum atomic E-state index is 6.39. The molecule has 2 atom stereocenters. The van der Waals surface area contributed by atoms with Gasteiger partial charge in [0, 0.05) is 25.3 Å². The number of nitrogens with zero attached hydrogens (tertiary/aromatic N) is 2. The molecular weight excluding hydrogens is 262 g/mol. The summed E-state index contributed by atoms with van der Waals surface area (Å²) in [7, 11) is 0. The summed E-state index contributed by atoms with van der Waals surface area (Å²) in [4.78, 5) is 4.28. The molecule has 112 valence electrons. The normalized spacial score (nSPS) is 19.8. The fraction of sp³-hybridized carbons (Fsp3) is 0.471. The number of ether oxygens (including phenoxy) is 1. The van der Waals surface area contributed by atoms with Gasteiger partial charge in [-0.05, 0) is 24.8 Å². The molecule has 1 fully saturated rings. The van der Waals surface area contributed by atoms with Crippen molar-refractivity contribution in [3.63, 3.8) is 0 Å². The number of rotatable bonds is 6. The predicted octanol–water partition coefficient (Wildman–Crippen LogP) is 2.55. The number of nitrogens with two attached hydrogens (primary N) is 1. The van der Waals surface area contributed by atoms with Gasteiger partial charge in [0.25, 0.3) is 0 Å². The van der Waals surface area contributed by atoms with Crippen LogP contribution in [0.1, 0.15) is 30.1 Å². The Morgan fingerprint density at radius 3 is 2.95 bits per heavy atom. The van der Waals surface area contributed by atoms with Crippen LogP contribution in [0.3, 0.4) is 0 Å². The second-order valence-corrected chi connectivity index (χ2v) is 5.75. The SMILES string of the molecule is NC(c1cncn1CCCc1ccccc1)C1CCOC1. The number of aromatic nitrogens is 2. The minimum atomic E-state index is 0.0340.